The second-order valence-corrected chi connectivity index (χ2v) is 4.58. The molecule has 1 fully saturated rings. The van der Waals surface area contributed by atoms with Gasteiger partial charge in [-0.25, -0.2) is 0 Å². The van der Waals surface area contributed by atoms with Crippen molar-refractivity contribution in [2.45, 2.75) is 32.7 Å². The van der Waals surface area contributed by atoms with Crippen LogP contribution in [0.15, 0.2) is 18.2 Å². The molecule has 1 aromatic carbocycles. The first kappa shape index (κ1) is 10.5. The number of nitrogens with two attached hydrogens (primary N) is 1. The summed E-state index contributed by atoms with van der Waals surface area (Å²) in [5.74, 6) is 1.67. The van der Waals surface area contributed by atoms with Crippen molar-refractivity contribution in [3.63, 3.8) is 0 Å². The first-order valence-electron chi connectivity index (χ1n) is 5.62. The normalized spacial score (nSPS) is 17.5. The van der Waals surface area contributed by atoms with E-state index in [2.05, 4.69) is 26.0 Å². The second-order valence-electron chi connectivity index (χ2n) is 4.58. The fourth-order valence-electron chi connectivity index (χ4n) is 1.81. The first-order valence-corrected chi connectivity index (χ1v) is 5.62. The van der Waals surface area contributed by atoms with Gasteiger partial charge in [-0.2, -0.15) is 0 Å². The number of aryl methyl sites for hydroxylation is 2. The number of ether oxygens (including phenoxy) is 1. The van der Waals surface area contributed by atoms with Crippen molar-refractivity contribution in [1.29, 1.82) is 0 Å². The summed E-state index contributed by atoms with van der Waals surface area (Å²) in [6.07, 6.45) is 2.55. The van der Waals surface area contributed by atoms with Crippen LogP contribution in [0.1, 0.15) is 24.0 Å². The highest BCUT2D eigenvalue weighted by Gasteiger charge is 2.28. The van der Waals surface area contributed by atoms with E-state index >= 15 is 0 Å². The molecular formula is C13H19NO. The predicted molar refractivity (Wildman–Crippen MR) is 62.1 cm³/mol. The Morgan fingerprint density at radius 2 is 2.13 bits per heavy atom. The van der Waals surface area contributed by atoms with Crippen molar-refractivity contribution in [1.82, 2.24) is 0 Å². The number of hydrogen-bond acceptors (Lipinski definition) is 2. The summed E-state index contributed by atoms with van der Waals surface area (Å²) in [5, 5.41) is 0. The molecule has 2 N–H and O–H groups in total. The van der Waals surface area contributed by atoms with E-state index < -0.39 is 0 Å². The van der Waals surface area contributed by atoms with Crippen LogP contribution < -0.4 is 10.5 Å². The molecule has 2 nitrogen and oxygen atoms in total. The molecule has 0 aliphatic heterocycles. The van der Waals surface area contributed by atoms with Gasteiger partial charge < -0.3 is 10.5 Å². The third kappa shape index (κ3) is 2.72. The van der Waals surface area contributed by atoms with Gasteiger partial charge in [-0.1, -0.05) is 17.7 Å². The van der Waals surface area contributed by atoms with Crippen molar-refractivity contribution in [3.05, 3.63) is 29.3 Å². The lowest BCUT2D eigenvalue weighted by Gasteiger charge is -2.14. The molecule has 1 unspecified atom stereocenters. The molecule has 0 aromatic heterocycles. The minimum absolute atomic E-state index is 0.214. The summed E-state index contributed by atoms with van der Waals surface area (Å²) >= 11 is 0. The molecule has 1 aromatic rings. The maximum Gasteiger partial charge on any atom is 0.122 e. The van der Waals surface area contributed by atoms with E-state index in [0.29, 0.717) is 12.5 Å². The van der Waals surface area contributed by atoms with Gasteiger partial charge in [0.15, 0.2) is 0 Å². The molecule has 2 rings (SSSR count). The Bertz CT molecular complexity index is 344. The number of benzene rings is 1. The van der Waals surface area contributed by atoms with Crippen molar-refractivity contribution in [3.8, 4) is 5.75 Å². The molecular weight excluding hydrogens is 186 g/mol. The van der Waals surface area contributed by atoms with Crippen LogP contribution in [0.25, 0.3) is 0 Å². The first-order chi connectivity index (χ1) is 7.16. The Morgan fingerprint density at radius 1 is 1.40 bits per heavy atom. The molecule has 0 amide bonds. The Labute approximate surface area is 91.4 Å². The quantitative estimate of drug-likeness (QED) is 0.819. The van der Waals surface area contributed by atoms with E-state index in [-0.39, 0.29) is 6.04 Å². The summed E-state index contributed by atoms with van der Waals surface area (Å²) in [6.45, 7) is 4.81. The molecule has 0 radical (unpaired) electrons. The number of hydrogen-bond donors (Lipinski definition) is 1. The zero-order valence-corrected chi connectivity index (χ0v) is 9.49. The lowest BCUT2D eigenvalue weighted by molar-refractivity contribution is 0.274. The molecule has 1 aliphatic carbocycles. The summed E-state index contributed by atoms with van der Waals surface area (Å²) in [7, 11) is 0. The average molecular weight is 205 g/mol. The van der Waals surface area contributed by atoms with Crippen molar-refractivity contribution >= 4 is 0 Å². The Balaban J connectivity index is 1.92. The zero-order valence-electron chi connectivity index (χ0n) is 9.49. The van der Waals surface area contributed by atoms with Crippen molar-refractivity contribution in [2.75, 3.05) is 6.61 Å². The molecule has 1 atom stereocenters. The maximum atomic E-state index is 5.98. The topological polar surface area (TPSA) is 35.2 Å². The molecule has 2 heteroatoms. The molecule has 15 heavy (non-hydrogen) atoms. The van der Waals surface area contributed by atoms with Gasteiger partial charge in [0.1, 0.15) is 12.4 Å². The number of rotatable bonds is 4. The minimum atomic E-state index is 0.214. The molecule has 1 saturated carbocycles. The van der Waals surface area contributed by atoms with Gasteiger partial charge in [0.25, 0.3) is 0 Å². The van der Waals surface area contributed by atoms with E-state index in [1.807, 2.05) is 6.07 Å². The van der Waals surface area contributed by atoms with Crippen LogP contribution in [-0.2, 0) is 0 Å². The highest BCUT2D eigenvalue weighted by Crippen LogP contribution is 2.32. The van der Waals surface area contributed by atoms with Crippen LogP contribution in [0.3, 0.4) is 0 Å². The Morgan fingerprint density at radius 3 is 2.73 bits per heavy atom. The predicted octanol–water partition coefficient (Wildman–Crippen LogP) is 2.42. The third-order valence-corrected chi connectivity index (χ3v) is 2.99. The third-order valence-electron chi connectivity index (χ3n) is 2.99. The van der Waals surface area contributed by atoms with E-state index in [1.54, 1.807) is 0 Å². The molecule has 0 spiro atoms. The van der Waals surface area contributed by atoms with Crippen LogP contribution in [0.5, 0.6) is 5.75 Å². The van der Waals surface area contributed by atoms with Gasteiger partial charge in [0, 0.05) is 6.04 Å². The molecule has 0 heterocycles. The Kier molecular flexibility index (Phi) is 2.96. The smallest absolute Gasteiger partial charge is 0.122 e. The highest BCUT2D eigenvalue weighted by atomic mass is 16.5. The second kappa shape index (κ2) is 4.23. The van der Waals surface area contributed by atoms with Crippen LogP contribution in [-0.4, -0.2) is 12.6 Å². The lowest BCUT2D eigenvalue weighted by Crippen LogP contribution is -2.30. The Hall–Kier alpha value is -1.02. The van der Waals surface area contributed by atoms with Crippen molar-refractivity contribution < 1.29 is 4.74 Å². The van der Waals surface area contributed by atoms with Gasteiger partial charge in [0.2, 0.25) is 0 Å². The molecule has 0 saturated heterocycles. The summed E-state index contributed by atoms with van der Waals surface area (Å²) in [5.41, 5.74) is 8.44. The SMILES string of the molecule is Cc1ccc(OCC(N)C2CC2)c(C)c1. The molecule has 82 valence electrons. The van der Waals surface area contributed by atoms with Crippen molar-refractivity contribution in [2.24, 2.45) is 11.7 Å². The van der Waals surface area contributed by atoms with Gasteiger partial charge in [-0.3, -0.25) is 0 Å². The van der Waals surface area contributed by atoms with Crippen LogP contribution in [0.2, 0.25) is 0 Å². The fourth-order valence-corrected chi connectivity index (χ4v) is 1.81. The monoisotopic (exact) mass is 205 g/mol. The summed E-state index contributed by atoms with van der Waals surface area (Å²) in [4.78, 5) is 0. The van der Waals surface area contributed by atoms with E-state index in [9.17, 15) is 0 Å². The van der Waals surface area contributed by atoms with Gasteiger partial charge in [-0.15, -0.1) is 0 Å². The standard InChI is InChI=1S/C13H19NO/c1-9-3-6-13(10(2)7-9)15-8-12(14)11-4-5-11/h3,6-7,11-12H,4-5,8,14H2,1-2H3. The van der Waals surface area contributed by atoms with Crippen LogP contribution >= 0.6 is 0 Å². The summed E-state index contributed by atoms with van der Waals surface area (Å²) in [6, 6.07) is 6.46. The van der Waals surface area contributed by atoms with Crippen LogP contribution in [0, 0.1) is 19.8 Å². The van der Waals surface area contributed by atoms with E-state index in [0.717, 1.165) is 5.75 Å². The summed E-state index contributed by atoms with van der Waals surface area (Å²) < 4.78 is 5.73. The maximum absolute atomic E-state index is 5.98. The van der Waals surface area contributed by atoms with Gasteiger partial charge >= 0.3 is 0 Å². The molecule has 1 aliphatic rings. The highest BCUT2D eigenvalue weighted by molar-refractivity contribution is 5.35. The van der Waals surface area contributed by atoms with Gasteiger partial charge in [0.05, 0.1) is 0 Å². The average Bonchev–Trinajstić information content (AvgIpc) is 2.99. The minimum Gasteiger partial charge on any atom is -0.492 e. The lowest BCUT2D eigenvalue weighted by atomic mass is 10.1. The fraction of sp³-hybridized carbons (Fsp3) is 0.538. The molecule has 0 bridgehead atoms. The largest absolute Gasteiger partial charge is 0.492 e. The van der Waals surface area contributed by atoms with E-state index in [1.165, 1.54) is 24.0 Å². The van der Waals surface area contributed by atoms with E-state index in [4.69, 9.17) is 10.5 Å². The van der Waals surface area contributed by atoms with Crippen LogP contribution in [0.4, 0.5) is 0 Å². The van der Waals surface area contributed by atoms with Gasteiger partial charge in [-0.05, 0) is 44.2 Å². The zero-order chi connectivity index (χ0) is 10.8.